The van der Waals surface area contributed by atoms with Crippen LogP contribution in [0.4, 0.5) is 0 Å². The molecule has 2 aromatic rings. The standard InChI is InChI=1S/C19H24N2O2/c1-13(2)23-19(22)15-7-8-16-17(14-5-3-4-6-14)12-21(18(16)11-15)20-9-10-20/h7-8,11-14H,3-6,9-10H2,1-2H3. The molecule has 0 amide bonds. The molecule has 2 aliphatic rings. The Morgan fingerprint density at radius 3 is 2.61 bits per heavy atom. The van der Waals surface area contributed by atoms with Gasteiger partial charge in [0.25, 0.3) is 0 Å². The largest absolute Gasteiger partial charge is 0.459 e. The van der Waals surface area contributed by atoms with Gasteiger partial charge in [-0.3, -0.25) is 4.68 Å². The van der Waals surface area contributed by atoms with Crippen LogP contribution in [-0.2, 0) is 4.74 Å². The second kappa shape index (κ2) is 5.59. The molecule has 1 aliphatic carbocycles. The maximum Gasteiger partial charge on any atom is 0.338 e. The van der Waals surface area contributed by atoms with E-state index in [0.29, 0.717) is 11.5 Å². The third-order valence-corrected chi connectivity index (χ3v) is 4.92. The highest BCUT2D eigenvalue weighted by molar-refractivity contribution is 5.96. The summed E-state index contributed by atoms with van der Waals surface area (Å²) in [7, 11) is 0. The Morgan fingerprint density at radius 1 is 1.22 bits per heavy atom. The number of nitrogens with zero attached hydrogens (tertiary/aromatic N) is 2. The van der Waals surface area contributed by atoms with Gasteiger partial charge in [0.15, 0.2) is 0 Å². The zero-order valence-corrected chi connectivity index (χ0v) is 13.9. The Hall–Kier alpha value is -1.97. The van der Waals surface area contributed by atoms with Gasteiger partial charge in [0, 0.05) is 11.6 Å². The van der Waals surface area contributed by atoms with E-state index >= 15 is 0 Å². The van der Waals surface area contributed by atoms with Crippen molar-refractivity contribution in [2.45, 2.75) is 51.6 Å². The number of hydrogen-bond donors (Lipinski definition) is 0. The maximum atomic E-state index is 12.2. The average molecular weight is 312 g/mol. The summed E-state index contributed by atoms with van der Waals surface area (Å²) in [4.78, 5) is 12.2. The molecule has 1 aliphatic heterocycles. The number of esters is 1. The van der Waals surface area contributed by atoms with Gasteiger partial charge < -0.3 is 9.75 Å². The predicted molar refractivity (Wildman–Crippen MR) is 91.6 cm³/mol. The lowest BCUT2D eigenvalue weighted by Gasteiger charge is -2.10. The van der Waals surface area contributed by atoms with Gasteiger partial charge in [0.2, 0.25) is 0 Å². The number of benzene rings is 1. The molecule has 122 valence electrons. The molecule has 1 saturated heterocycles. The van der Waals surface area contributed by atoms with E-state index in [4.69, 9.17) is 4.74 Å². The minimum atomic E-state index is -0.233. The van der Waals surface area contributed by atoms with Gasteiger partial charge in [-0.15, -0.1) is 0 Å². The zero-order valence-electron chi connectivity index (χ0n) is 13.9. The van der Waals surface area contributed by atoms with Crippen LogP contribution in [0.3, 0.4) is 0 Å². The number of fused-ring (bicyclic) bond motifs is 1. The van der Waals surface area contributed by atoms with E-state index in [2.05, 4.69) is 21.9 Å². The molecule has 4 rings (SSSR count). The summed E-state index contributed by atoms with van der Waals surface area (Å²) in [5.74, 6) is 0.440. The first-order valence-corrected chi connectivity index (χ1v) is 8.74. The lowest BCUT2D eigenvalue weighted by molar-refractivity contribution is 0.0378. The fraction of sp³-hybridized carbons (Fsp3) is 0.526. The van der Waals surface area contributed by atoms with Crippen LogP contribution in [0, 0.1) is 0 Å². The average Bonchev–Trinajstić information content (AvgIpc) is 3.09. The van der Waals surface area contributed by atoms with Gasteiger partial charge in [-0.1, -0.05) is 18.9 Å². The Balaban J connectivity index is 1.77. The highest BCUT2D eigenvalue weighted by Gasteiger charge is 2.26. The molecule has 23 heavy (non-hydrogen) atoms. The first-order chi connectivity index (χ1) is 11.1. The predicted octanol–water partition coefficient (Wildman–Crippen LogP) is 3.82. The summed E-state index contributed by atoms with van der Waals surface area (Å²) in [6, 6.07) is 6.02. The molecular weight excluding hydrogens is 288 g/mol. The molecule has 2 fully saturated rings. The molecule has 1 aromatic heterocycles. The minimum absolute atomic E-state index is 0.0915. The minimum Gasteiger partial charge on any atom is -0.459 e. The quantitative estimate of drug-likeness (QED) is 0.636. The van der Waals surface area contributed by atoms with Crippen LogP contribution in [0.15, 0.2) is 24.4 Å². The van der Waals surface area contributed by atoms with E-state index < -0.39 is 0 Å². The van der Waals surface area contributed by atoms with Crippen LogP contribution in [-0.4, -0.2) is 29.8 Å². The number of rotatable bonds is 4. The zero-order chi connectivity index (χ0) is 16.0. The molecular formula is C19H24N2O2. The summed E-state index contributed by atoms with van der Waals surface area (Å²) in [6.45, 7) is 5.95. The van der Waals surface area contributed by atoms with Crippen LogP contribution < -0.4 is 5.01 Å². The van der Waals surface area contributed by atoms with Gasteiger partial charge in [-0.05, 0) is 50.3 Å². The van der Waals surface area contributed by atoms with Gasteiger partial charge in [0.05, 0.1) is 30.3 Å². The topological polar surface area (TPSA) is 34.2 Å². The van der Waals surface area contributed by atoms with E-state index in [-0.39, 0.29) is 12.1 Å². The number of aromatic nitrogens is 1. The van der Waals surface area contributed by atoms with Crippen LogP contribution in [0.25, 0.3) is 10.9 Å². The first kappa shape index (κ1) is 14.6. The third kappa shape index (κ3) is 2.71. The number of carbonyl (C=O) groups is 1. The summed E-state index contributed by atoms with van der Waals surface area (Å²) < 4.78 is 7.59. The molecule has 4 heteroatoms. The lowest BCUT2D eigenvalue weighted by Crippen LogP contribution is -2.13. The summed E-state index contributed by atoms with van der Waals surface area (Å²) in [5, 5.41) is 3.60. The molecule has 0 bridgehead atoms. The van der Waals surface area contributed by atoms with Crippen molar-refractivity contribution < 1.29 is 9.53 Å². The van der Waals surface area contributed by atoms with E-state index in [1.807, 2.05) is 26.0 Å². The third-order valence-electron chi connectivity index (χ3n) is 4.92. The van der Waals surface area contributed by atoms with Crippen molar-refractivity contribution in [3.8, 4) is 0 Å². The van der Waals surface area contributed by atoms with E-state index in [0.717, 1.165) is 18.6 Å². The van der Waals surface area contributed by atoms with Crippen LogP contribution in [0.1, 0.15) is 61.4 Å². The highest BCUT2D eigenvalue weighted by atomic mass is 16.5. The molecule has 4 nitrogen and oxygen atoms in total. The maximum absolute atomic E-state index is 12.2. The number of hydrogen-bond acceptors (Lipinski definition) is 3. The van der Waals surface area contributed by atoms with Crippen LogP contribution in [0.5, 0.6) is 0 Å². The normalized spacial score (nSPS) is 18.1. The fourth-order valence-electron chi connectivity index (χ4n) is 3.70. The second-order valence-corrected chi connectivity index (χ2v) is 7.05. The molecule has 1 saturated carbocycles. The summed E-state index contributed by atoms with van der Waals surface area (Å²) in [6.07, 6.45) is 7.45. The van der Waals surface area contributed by atoms with Crippen molar-refractivity contribution in [1.82, 2.24) is 4.68 Å². The van der Waals surface area contributed by atoms with Crippen molar-refractivity contribution in [2.24, 2.45) is 0 Å². The first-order valence-electron chi connectivity index (χ1n) is 8.74. The van der Waals surface area contributed by atoms with Crippen molar-refractivity contribution >= 4 is 16.9 Å². The molecule has 0 N–H and O–H groups in total. The Labute approximate surface area is 137 Å². The molecule has 2 heterocycles. The van der Waals surface area contributed by atoms with Crippen LogP contribution in [0.2, 0.25) is 0 Å². The molecule has 1 aromatic carbocycles. The van der Waals surface area contributed by atoms with Gasteiger partial charge in [-0.2, -0.15) is 0 Å². The van der Waals surface area contributed by atoms with Gasteiger partial charge in [-0.25, -0.2) is 4.79 Å². The number of ether oxygens (including phenoxy) is 1. The Bertz CT molecular complexity index is 737. The molecule has 0 unspecified atom stereocenters. The smallest absolute Gasteiger partial charge is 0.338 e. The van der Waals surface area contributed by atoms with E-state index in [1.54, 1.807) is 0 Å². The van der Waals surface area contributed by atoms with Crippen molar-refractivity contribution in [2.75, 3.05) is 18.1 Å². The highest BCUT2D eigenvalue weighted by Crippen LogP contribution is 2.39. The molecule has 0 spiro atoms. The summed E-state index contributed by atoms with van der Waals surface area (Å²) in [5.41, 5.74) is 3.24. The molecule has 0 radical (unpaired) electrons. The number of carbonyl (C=O) groups excluding carboxylic acids is 1. The second-order valence-electron chi connectivity index (χ2n) is 7.05. The lowest BCUT2D eigenvalue weighted by atomic mass is 9.97. The monoisotopic (exact) mass is 312 g/mol. The van der Waals surface area contributed by atoms with Crippen molar-refractivity contribution in [3.63, 3.8) is 0 Å². The fourth-order valence-corrected chi connectivity index (χ4v) is 3.70. The van der Waals surface area contributed by atoms with Gasteiger partial charge >= 0.3 is 5.97 Å². The van der Waals surface area contributed by atoms with Crippen LogP contribution >= 0.6 is 0 Å². The van der Waals surface area contributed by atoms with E-state index in [1.165, 1.54) is 36.6 Å². The Morgan fingerprint density at radius 2 is 1.96 bits per heavy atom. The molecule has 0 atom stereocenters. The Kier molecular flexibility index (Phi) is 3.55. The van der Waals surface area contributed by atoms with Crippen molar-refractivity contribution in [3.05, 3.63) is 35.5 Å². The SMILES string of the molecule is CC(C)OC(=O)c1ccc2c(C3CCCC3)cn(N3CC3)c2c1. The van der Waals surface area contributed by atoms with E-state index in [9.17, 15) is 4.79 Å². The summed E-state index contributed by atoms with van der Waals surface area (Å²) >= 11 is 0. The van der Waals surface area contributed by atoms with Gasteiger partial charge in [0.1, 0.15) is 0 Å². The van der Waals surface area contributed by atoms with Crippen molar-refractivity contribution in [1.29, 1.82) is 0 Å².